The quantitative estimate of drug-likeness (QED) is 0.848. The van der Waals surface area contributed by atoms with Crippen molar-refractivity contribution in [3.63, 3.8) is 0 Å². The number of nitriles is 1. The fourth-order valence-corrected chi connectivity index (χ4v) is 2.03. The van der Waals surface area contributed by atoms with E-state index in [2.05, 4.69) is 4.98 Å². The fraction of sp³-hybridized carbons (Fsp3) is 0.154. The van der Waals surface area contributed by atoms with Crippen LogP contribution in [0, 0.1) is 17.1 Å². The van der Waals surface area contributed by atoms with Crippen molar-refractivity contribution in [3.8, 4) is 6.07 Å². The summed E-state index contributed by atoms with van der Waals surface area (Å²) in [6, 6.07) is 5.57. The van der Waals surface area contributed by atoms with Crippen LogP contribution in [0.2, 0.25) is 5.15 Å². The van der Waals surface area contributed by atoms with Gasteiger partial charge in [0, 0.05) is 13.5 Å². The van der Waals surface area contributed by atoms with Gasteiger partial charge in [0.2, 0.25) is 0 Å². The molecule has 0 aliphatic heterocycles. The molecule has 0 saturated carbocycles. The Morgan fingerprint density at radius 1 is 1.45 bits per heavy atom. The van der Waals surface area contributed by atoms with Gasteiger partial charge in [-0.05, 0) is 23.8 Å². The third-order valence-corrected chi connectivity index (χ3v) is 3.23. The molecule has 0 saturated heterocycles. The van der Waals surface area contributed by atoms with Crippen LogP contribution in [0.1, 0.15) is 16.7 Å². The van der Waals surface area contributed by atoms with Crippen LogP contribution in [0.5, 0.6) is 0 Å². The zero-order valence-electron chi connectivity index (χ0n) is 10.4. The number of nitrogens with zero attached hydrogens (tertiary/aromatic N) is 2. The Hall–Kier alpha value is -2.39. The minimum atomic E-state index is -0.636. The highest BCUT2D eigenvalue weighted by Crippen LogP contribution is 2.17. The molecule has 0 aliphatic carbocycles. The summed E-state index contributed by atoms with van der Waals surface area (Å²) in [6.45, 7) is 0. The van der Waals surface area contributed by atoms with E-state index in [1.54, 1.807) is 0 Å². The molecule has 0 unspecified atom stereocenters. The van der Waals surface area contributed by atoms with Crippen LogP contribution >= 0.6 is 11.6 Å². The predicted molar refractivity (Wildman–Crippen MR) is 71.2 cm³/mol. The van der Waals surface area contributed by atoms with Gasteiger partial charge in [-0.3, -0.25) is 14.3 Å². The Bertz CT molecular complexity index is 833. The van der Waals surface area contributed by atoms with Crippen LogP contribution in [0.3, 0.4) is 0 Å². The number of hydrogen-bond acceptors (Lipinski definition) is 3. The lowest BCUT2D eigenvalue weighted by atomic mass is 10.0. The van der Waals surface area contributed by atoms with E-state index >= 15 is 0 Å². The van der Waals surface area contributed by atoms with E-state index in [1.165, 1.54) is 19.2 Å². The van der Waals surface area contributed by atoms with Crippen molar-refractivity contribution in [2.75, 3.05) is 0 Å². The lowest BCUT2D eigenvalue weighted by Crippen LogP contribution is -2.35. The van der Waals surface area contributed by atoms with Crippen molar-refractivity contribution in [1.29, 1.82) is 5.26 Å². The van der Waals surface area contributed by atoms with Gasteiger partial charge in [-0.1, -0.05) is 11.6 Å². The van der Waals surface area contributed by atoms with Gasteiger partial charge in [0.15, 0.2) is 0 Å². The normalized spacial score (nSPS) is 10.3. The maximum atomic E-state index is 13.2. The molecular formula is C13H9ClFN3O2. The summed E-state index contributed by atoms with van der Waals surface area (Å²) in [7, 11) is 1.30. The van der Waals surface area contributed by atoms with Gasteiger partial charge in [-0.15, -0.1) is 0 Å². The van der Waals surface area contributed by atoms with E-state index < -0.39 is 17.1 Å². The number of aromatic amines is 1. The summed E-state index contributed by atoms with van der Waals surface area (Å²) in [5.74, 6) is -0.517. The largest absolute Gasteiger partial charge is 0.329 e. The number of H-pyrrole nitrogens is 1. The van der Waals surface area contributed by atoms with Gasteiger partial charge in [-0.25, -0.2) is 9.18 Å². The smallest absolute Gasteiger partial charge is 0.297 e. The zero-order valence-corrected chi connectivity index (χ0v) is 11.2. The molecular weight excluding hydrogens is 285 g/mol. The molecule has 2 rings (SSSR count). The first-order valence-corrected chi connectivity index (χ1v) is 5.98. The Kier molecular flexibility index (Phi) is 3.72. The molecule has 0 fully saturated rings. The SMILES string of the molecule is Cn1c(=O)[nH]c(Cl)c(Cc2cc(F)ccc2C#N)c1=O. The molecule has 7 heteroatoms. The molecule has 0 atom stereocenters. The zero-order chi connectivity index (χ0) is 14.9. The first kappa shape index (κ1) is 14.0. The molecule has 1 N–H and O–H groups in total. The van der Waals surface area contributed by atoms with Crippen molar-refractivity contribution in [3.05, 3.63) is 66.7 Å². The second-order valence-corrected chi connectivity index (χ2v) is 4.55. The minimum absolute atomic E-state index is 0.0388. The first-order valence-electron chi connectivity index (χ1n) is 5.60. The lowest BCUT2D eigenvalue weighted by molar-refractivity contribution is 0.625. The van der Waals surface area contributed by atoms with Gasteiger partial charge in [0.25, 0.3) is 5.56 Å². The molecule has 1 aromatic carbocycles. The van der Waals surface area contributed by atoms with Gasteiger partial charge in [-0.2, -0.15) is 5.26 Å². The van der Waals surface area contributed by atoms with Crippen LogP contribution in [0.25, 0.3) is 0 Å². The van der Waals surface area contributed by atoms with Crippen molar-refractivity contribution in [1.82, 2.24) is 9.55 Å². The van der Waals surface area contributed by atoms with E-state index in [0.717, 1.165) is 10.6 Å². The van der Waals surface area contributed by atoms with E-state index in [9.17, 15) is 14.0 Å². The highest BCUT2D eigenvalue weighted by atomic mass is 35.5. The van der Waals surface area contributed by atoms with Crippen molar-refractivity contribution in [2.45, 2.75) is 6.42 Å². The summed E-state index contributed by atoms with van der Waals surface area (Å²) in [4.78, 5) is 25.7. The average Bonchev–Trinajstić information content (AvgIpc) is 2.41. The third-order valence-electron chi connectivity index (χ3n) is 2.90. The molecule has 2 aromatic rings. The van der Waals surface area contributed by atoms with E-state index in [0.29, 0.717) is 5.56 Å². The lowest BCUT2D eigenvalue weighted by Gasteiger charge is -2.07. The molecule has 1 aromatic heterocycles. The second-order valence-electron chi connectivity index (χ2n) is 4.18. The Morgan fingerprint density at radius 2 is 2.15 bits per heavy atom. The van der Waals surface area contributed by atoms with Crippen LogP contribution in [0.15, 0.2) is 27.8 Å². The number of hydrogen-bond donors (Lipinski definition) is 1. The highest BCUT2D eigenvalue weighted by molar-refractivity contribution is 6.30. The fourth-order valence-electron chi connectivity index (χ4n) is 1.80. The molecule has 0 aliphatic rings. The average molecular weight is 294 g/mol. The molecule has 20 heavy (non-hydrogen) atoms. The van der Waals surface area contributed by atoms with Crippen LogP contribution < -0.4 is 11.2 Å². The summed E-state index contributed by atoms with van der Waals surface area (Å²) < 4.78 is 14.1. The third kappa shape index (κ3) is 2.49. The molecule has 0 amide bonds. The Morgan fingerprint density at radius 3 is 2.80 bits per heavy atom. The summed E-state index contributed by atoms with van der Waals surface area (Å²) >= 11 is 5.85. The minimum Gasteiger partial charge on any atom is -0.297 e. The number of rotatable bonds is 2. The first-order chi connectivity index (χ1) is 9.43. The Labute approximate surface area is 117 Å². The summed E-state index contributed by atoms with van der Waals surface area (Å²) in [5.41, 5.74) is -0.527. The van der Waals surface area contributed by atoms with Gasteiger partial charge < -0.3 is 0 Å². The maximum Gasteiger partial charge on any atom is 0.329 e. The number of aromatic nitrogens is 2. The highest BCUT2D eigenvalue weighted by Gasteiger charge is 2.14. The van der Waals surface area contributed by atoms with E-state index in [1.807, 2.05) is 6.07 Å². The molecule has 1 heterocycles. The summed E-state index contributed by atoms with van der Waals surface area (Å²) in [6.07, 6.45) is -0.0388. The van der Waals surface area contributed by atoms with Crippen LogP contribution in [-0.4, -0.2) is 9.55 Å². The molecule has 102 valence electrons. The molecule has 0 bridgehead atoms. The van der Waals surface area contributed by atoms with Crippen LogP contribution in [-0.2, 0) is 13.5 Å². The number of benzene rings is 1. The van der Waals surface area contributed by atoms with Gasteiger partial charge in [0.05, 0.1) is 17.2 Å². The topological polar surface area (TPSA) is 78.7 Å². The maximum absolute atomic E-state index is 13.2. The second kappa shape index (κ2) is 5.31. The molecule has 0 spiro atoms. The summed E-state index contributed by atoms with van der Waals surface area (Å²) in [5, 5.41) is 8.87. The van der Waals surface area contributed by atoms with Gasteiger partial charge in [0.1, 0.15) is 11.0 Å². The van der Waals surface area contributed by atoms with Gasteiger partial charge >= 0.3 is 5.69 Å². The van der Waals surface area contributed by atoms with Crippen LogP contribution in [0.4, 0.5) is 4.39 Å². The van der Waals surface area contributed by atoms with Crippen molar-refractivity contribution >= 4 is 11.6 Å². The predicted octanol–water partition coefficient (Wildman–Crippen LogP) is 1.33. The Balaban J connectivity index is 2.60. The standard InChI is InChI=1S/C13H9ClFN3O2/c1-18-12(19)10(11(14)17-13(18)20)5-8-4-9(15)3-2-7(8)6-16/h2-4H,5H2,1H3,(H,17,20). The number of halogens is 2. The monoisotopic (exact) mass is 293 g/mol. The van der Waals surface area contributed by atoms with E-state index in [-0.39, 0.29) is 22.7 Å². The van der Waals surface area contributed by atoms with Crippen molar-refractivity contribution in [2.24, 2.45) is 7.05 Å². The van der Waals surface area contributed by atoms with Crippen molar-refractivity contribution < 1.29 is 4.39 Å². The number of nitrogens with one attached hydrogen (secondary N) is 1. The molecule has 5 nitrogen and oxygen atoms in total. The molecule has 0 radical (unpaired) electrons. The van der Waals surface area contributed by atoms with E-state index in [4.69, 9.17) is 16.9 Å².